The first-order valence-electron chi connectivity index (χ1n) is 10.4. The quantitative estimate of drug-likeness (QED) is 0.849. The number of nitrogens with one attached hydrogen (secondary N) is 1. The highest BCUT2D eigenvalue weighted by atomic mass is 16.2. The first kappa shape index (κ1) is 20.4. The number of rotatable bonds is 2. The number of benzene rings is 1. The van der Waals surface area contributed by atoms with Crippen LogP contribution < -0.4 is 5.32 Å². The van der Waals surface area contributed by atoms with E-state index in [0.717, 1.165) is 19.3 Å². The number of nitrogens with zero attached hydrogens (tertiary/aromatic N) is 2. The molecule has 1 saturated heterocycles. The van der Waals surface area contributed by atoms with Gasteiger partial charge in [-0.25, -0.2) is 0 Å². The highest BCUT2D eigenvalue weighted by Crippen LogP contribution is 2.31. The summed E-state index contributed by atoms with van der Waals surface area (Å²) in [5.74, 6) is -0.171. The minimum Gasteiger partial charge on any atom is -0.354 e. The molecule has 3 rings (SSSR count). The number of fused-ring (bicyclic) bond motifs is 1. The van der Waals surface area contributed by atoms with Gasteiger partial charge < -0.3 is 15.1 Å². The zero-order valence-corrected chi connectivity index (χ0v) is 16.9. The second-order valence-electron chi connectivity index (χ2n) is 8.09. The van der Waals surface area contributed by atoms with Crippen molar-refractivity contribution in [2.24, 2.45) is 11.8 Å². The molecule has 6 nitrogen and oxygen atoms in total. The van der Waals surface area contributed by atoms with E-state index in [1.165, 1.54) is 0 Å². The summed E-state index contributed by atoms with van der Waals surface area (Å²) in [6.45, 7) is 5.93. The molecule has 6 heteroatoms. The lowest BCUT2D eigenvalue weighted by Gasteiger charge is -2.33. The lowest BCUT2D eigenvalue weighted by molar-refractivity contribution is -0.135. The molecule has 1 heterocycles. The summed E-state index contributed by atoms with van der Waals surface area (Å²) in [5.41, 5.74) is 0.651. The van der Waals surface area contributed by atoms with E-state index in [-0.39, 0.29) is 35.6 Å². The zero-order chi connectivity index (χ0) is 20.1. The molecule has 1 aliphatic carbocycles. The highest BCUT2D eigenvalue weighted by Gasteiger charge is 2.39. The highest BCUT2D eigenvalue weighted by molar-refractivity contribution is 5.95. The van der Waals surface area contributed by atoms with Crippen LogP contribution in [0.3, 0.4) is 0 Å². The van der Waals surface area contributed by atoms with E-state index in [0.29, 0.717) is 38.2 Å². The molecule has 0 bridgehead atoms. The maximum atomic E-state index is 13.2. The van der Waals surface area contributed by atoms with Gasteiger partial charge in [-0.15, -0.1) is 0 Å². The Morgan fingerprint density at radius 1 is 1.04 bits per heavy atom. The van der Waals surface area contributed by atoms with Crippen molar-refractivity contribution in [1.82, 2.24) is 15.1 Å². The zero-order valence-electron chi connectivity index (χ0n) is 16.9. The second kappa shape index (κ2) is 9.22. The molecule has 1 aliphatic heterocycles. The molecule has 28 heavy (non-hydrogen) atoms. The van der Waals surface area contributed by atoms with Crippen LogP contribution in [0.5, 0.6) is 0 Å². The van der Waals surface area contributed by atoms with Crippen LogP contribution in [0, 0.1) is 11.8 Å². The van der Waals surface area contributed by atoms with Crippen LogP contribution in [-0.4, -0.2) is 59.7 Å². The van der Waals surface area contributed by atoms with Crippen LogP contribution in [0.1, 0.15) is 49.9 Å². The standard InChI is InChI=1S/C22H31N3O3/c1-16(2)21(27)24-13-7-14-25(22(28)17-8-4-3-5-9-17)19-11-6-10-18(19)20(26)23-12-15-24/h3-5,8-9,16,18-19H,6-7,10-15H2,1-2H3,(H,23,26). The van der Waals surface area contributed by atoms with Gasteiger partial charge in [0.25, 0.3) is 5.91 Å². The Morgan fingerprint density at radius 2 is 1.79 bits per heavy atom. The van der Waals surface area contributed by atoms with Crippen LogP contribution in [0.25, 0.3) is 0 Å². The molecule has 1 aromatic rings. The molecule has 0 radical (unpaired) electrons. The predicted octanol–water partition coefficient (Wildman–Crippen LogP) is 2.30. The minimum absolute atomic E-state index is 0.00667. The Bertz CT molecular complexity index is 704. The number of hydrogen-bond acceptors (Lipinski definition) is 3. The molecule has 1 saturated carbocycles. The van der Waals surface area contributed by atoms with Gasteiger partial charge in [0.1, 0.15) is 0 Å². The monoisotopic (exact) mass is 385 g/mol. The summed E-state index contributed by atoms with van der Waals surface area (Å²) in [6, 6.07) is 9.20. The molecule has 1 N–H and O–H groups in total. The Morgan fingerprint density at radius 3 is 2.50 bits per heavy atom. The Balaban J connectivity index is 1.83. The molecule has 3 amide bonds. The van der Waals surface area contributed by atoms with Crippen molar-refractivity contribution in [3.05, 3.63) is 35.9 Å². The molecule has 152 valence electrons. The van der Waals surface area contributed by atoms with Crippen molar-refractivity contribution in [3.8, 4) is 0 Å². The summed E-state index contributed by atoms with van der Waals surface area (Å²) in [4.78, 5) is 42.2. The topological polar surface area (TPSA) is 69.7 Å². The largest absolute Gasteiger partial charge is 0.354 e. The van der Waals surface area contributed by atoms with Crippen LogP contribution in [-0.2, 0) is 9.59 Å². The molecular formula is C22H31N3O3. The van der Waals surface area contributed by atoms with Gasteiger partial charge in [0.05, 0.1) is 5.92 Å². The van der Waals surface area contributed by atoms with Crippen molar-refractivity contribution in [2.75, 3.05) is 26.2 Å². The third-order valence-electron chi connectivity index (χ3n) is 5.81. The Kier molecular flexibility index (Phi) is 6.70. The molecule has 0 aromatic heterocycles. The maximum absolute atomic E-state index is 13.2. The third kappa shape index (κ3) is 4.54. The average Bonchev–Trinajstić information content (AvgIpc) is 3.17. The van der Waals surface area contributed by atoms with Crippen LogP contribution in [0.4, 0.5) is 0 Å². The van der Waals surface area contributed by atoms with Gasteiger partial charge in [0.2, 0.25) is 11.8 Å². The summed E-state index contributed by atoms with van der Waals surface area (Å²) in [6.07, 6.45) is 3.34. The van der Waals surface area contributed by atoms with Crippen LogP contribution in [0.2, 0.25) is 0 Å². The molecule has 0 spiro atoms. The number of amides is 3. The normalized spacial score (nSPS) is 23.8. The molecular weight excluding hydrogens is 354 g/mol. The smallest absolute Gasteiger partial charge is 0.254 e. The average molecular weight is 386 g/mol. The van der Waals surface area contributed by atoms with Crippen molar-refractivity contribution < 1.29 is 14.4 Å². The SMILES string of the molecule is CC(C)C(=O)N1CCCN(C(=O)c2ccccc2)C2CCCC2C(=O)NCC1. The summed E-state index contributed by atoms with van der Waals surface area (Å²) in [7, 11) is 0. The fraction of sp³-hybridized carbons (Fsp3) is 0.591. The first-order valence-corrected chi connectivity index (χ1v) is 10.4. The van der Waals surface area contributed by atoms with Crippen LogP contribution >= 0.6 is 0 Å². The van der Waals surface area contributed by atoms with Crippen molar-refractivity contribution >= 4 is 17.7 Å². The Hall–Kier alpha value is -2.37. The third-order valence-corrected chi connectivity index (χ3v) is 5.81. The fourth-order valence-electron chi connectivity index (χ4n) is 4.36. The molecule has 2 aliphatic rings. The van der Waals surface area contributed by atoms with Crippen molar-refractivity contribution in [3.63, 3.8) is 0 Å². The first-order chi connectivity index (χ1) is 13.5. The molecule has 2 unspecified atom stereocenters. The van der Waals surface area contributed by atoms with Gasteiger partial charge in [-0.3, -0.25) is 14.4 Å². The molecule has 2 atom stereocenters. The van der Waals surface area contributed by atoms with Gasteiger partial charge in [-0.1, -0.05) is 38.5 Å². The Labute approximate surface area is 167 Å². The van der Waals surface area contributed by atoms with Crippen molar-refractivity contribution in [1.29, 1.82) is 0 Å². The minimum atomic E-state index is -0.167. The molecule has 1 aromatic carbocycles. The number of carbonyl (C=O) groups excluding carboxylic acids is 3. The van der Waals surface area contributed by atoms with Gasteiger partial charge in [-0.2, -0.15) is 0 Å². The molecule has 2 fully saturated rings. The summed E-state index contributed by atoms with van der Waals surface area (Å²) in [5, 5.41) is 3.00. The van der Waals surface area contributed by atoms with Gasteiger partial charge in [0.15, 0.2) is 0 Å². The van der Waals surface area contributed by atoms with Gasteiger partial charge in [-0.05, 0) is 31.4 Å². The van der Waals surface area contributed by atoms with E-state index < -0.39 is 0 Å². The van der Waals surface area contributed by atoms with Gasteiger partial charge >= 0.3 is 0 Å². The number of hydrogen-bond donors (Lipinski definition) is 1. The van der Waals surface area contributed by atoms with E-state index in [2.05, 4.69) is 5.32 Å². The summed E-state index contributed by atoms with van der Waals surface area (Å²) >= 11 is 0. The fourth-order valence-corrected chi connectivity index (χ4v) is 4.36. The van der Waals surface area contributed by atoms with E-state index >= 15 is 0 Å². The lowest BCUT2D eigenvalue weighted by Crippen LogP contribution is -2.47. The van der Waals surface area contributed by atoms with Crippen LogP contribution in [0.15, 0.2) is 30.3 Å². The van der Waals surface area contributed by atoms with E-state index in [4.69, 9.17) is 0 Å². The second-order valence-corrected chi connectivity index (χ2v) is 8.09. The van der Waals surface area contributed by atoms with Crippen molar-refractivity contribution in [2.45, 2.75) is 45.6 Å². The van der Waals surface area contributed by atoms with E-state index in [1.54, 1.807) is 0 Å². The van der Waals surface area contributed by atoms with E-state index in [9.17, 15) is 14.4 Å². The summed E-state index contributed by atoms with van der Waals surface area (Å²) < 4.78 is 0. The van der Waals surface area contributed by atoms with Gasteiger partial charge in [0, 0.05) is 43.7 Å². The van der Waals surface area contributed by atoms with E-state index in [1.807, 2.05) is 54.0 Å². The lowest BCUT2D eigenvalue weighted by atomic mass is 9.99. The predicted molar refractivity (Wildman–Crippen MR) is 108 cm³/mol. The number of carbonyl (C=O) groups is 3. The maximum Gasteiger partial charge on any atom is 0.254 e.